The SMILES string of the molecule is NC(=Nc1ccccc1)N(Cc1cccs1)C1CC1. The Bertz CT molecular complexity index is 544. The molecule has 0 spiro atoms. The molecule has 0 amide bonds. The summed E-state index contributed by atoms with van der Waals surface area (Å²) in [5.41, 5.74) is 7.10. The predicted molar refractivity (Wildman–Crippen MR) is 80.6 cm³/mol. The summed E-state index contributed by atoms with van der Waals surface area (Å²) in [4.78, 5) is 8.08. The average molecular weight is 271 g/mol. The zero-order valence-corrected chi connectivity index (χ0v) is 11.5. The van der Waals surface area contributed by atoms with Gasteiger partial charge < -0.3 is 10.6 Å². The Labute approximate surface area is 117 Å². The summed E-state index contributed by atoms with van der Waals surface area (Å²) < 4.78 is 0. The van der Waals surface area contributed by atoms with Crippen molar-refractivity contribution in [2.45, 2.75) is 25.4 Å². The molecule has 0 saturated heterocycles. The van der Waals surface area contributed by atoms with Gasteiger partial charge in [-0.05, 0) is 36.4 Å². The first-order valence-electron chi connectivity index (χ1n) is 6.51. The molecule has 1 heterocycles. The number of rotatable bonds is 4. The van der Waals surface area contributed by atoms with Crippen LogP contribution in [-0.4, -0.2) is 16.9 Å². The van der Waals surface area contributed by atoms with Gasteiger partial charge >= 0.3 is 0 Å². The quantitative estimate of drug-likeness (QED) is 0.684. The largest absolute Gasteiger partial charge is 0.369 e. The summed E-state index contributed by atoms with van der Waals surface area (Å²) in [6.07, 6.45) is 2.44. The van der Waals surface area contributed by atoms with Crippen LogP contribution in [0.25, 0.3) is 0 Å². The second-order valence-electron chi connectivity index (χ2n) is 4.74. The van der Waals surface area contributed by atoms with Gasteiger partial charge in [-0.2, -0.15) is 0 Å². The van der Waals surface area contributed by atoms with Gasteiger partial charge in [0, 0.05) is 10.9 Å². The number of thiophene rings is 1. The average Bonchev–Trinajstić information content (AvgIpc) is 3.14. The first-order valence-corrected chi connectivity index (χ1v) is 7.39. The van der Waals surface area contributed by atoms with Gasteiger partial charge in [-0.1, -0.05) is 24.3 Å². The van der Waals surface area contributed by atoms with Crippen molar-refractivity contribution < 1.29 is 0 Å². The van der Waals surface area contributed by atoms with E-state index in [1.807, 2.05) is 30.3 Å². The second-order valence-corrected chi connectivity index (χ2v) is 5.78. The molecule has 2 N–H and O–H groups in total. The number of hydrogen-bond donors (Lipinski definition) is 1. The molecule has 4 heteroatoms. The van der Waals surface area contributed by atoms with Crippen LogP contribution in [0.3, 0.4) is 0 Å². The van der Waals surface area contributed by atoms with E-state index in [9.17, 15) is 0 Å². The van der Waals surface area contributed by atoms with E-state index in [4.69, 9.17) is 5.73 Å². The summed E-state index contributed by atoms with van der Waals surface area (Å²) in [6.45, 7) is 0.866. The van der Waals surface area contributed by atoms with Gasteiger partial charge in [0.05, 0.1) is 12.2 Å². The molecular formula is C15H17N3S. The highest BCUT2D eigenvalue weighted by molar-refractivity contribution is 7.09. The topological polar surface area (TPSA) is 41.6 Å². The molecule has 0 unspecified atom stereocenters. The van der Waals surface area contributed by atoms with Crippen LogP contribution in [0, 0.1) is 0 Å². The van der Waals surface area contributed by atoms with Crippen LogP contribution in [0.1, 0.15) is 17.7 Å². The molecule has 1 aromatic heterocycles. The van der Waals surface area contributed by atoms with Crippen molar-refractivity contribution >= 4 is 23.0 Å². The van der Waals surface area contributed by atoms with E-state index in [0.717, 1.165) is 12.2 Å². The molecule has 0 bridgehead atoms. The zero-order valence-electron chi connectivity index (χ0n) is 10.7. The molecule has 0 aliphatic heterocycles. The predicted octanol–water partition coefficient (Wildman–Crippen LogP) is 3.36. The molecule has 1 aromatic carbocycles. The van der Waals surface area contributed by atoms with Crippen LogP contribution in [0.2, 0.25) is 0 Å². The molecule has 3 nitrogen and oxygen atoms in total. The van der Waals surface area contributed by atoms with Gasteiger partial charge in [-0.15, -0.1) is 11.3 Å². The lowest BCUT2D eigenvalue weighted by atomic mass is 10.3. The fourth-order valence-corrected chi connectivity index (χ4v) is 2.76. The maximum Gasteiger partial charge on any atom is 0.197 e. The van der Waals surface area contributed by atoms with Gasteiger partial charge in [0.15, 0.2) is 5.96 Å². The van der Waals surface area contributed by atoms with E-state index < -0.39 is 0 Å². The minimum absolute atomic E-state index is 0.564. The van der Waals surface area contributed by atoms with Gasteiger partial charge in [0.25, 0.3) is 0 Å². The number of hydrogen-bond acceptors (Lipinski definition) is 2. The maximum absolute atomic E-state index is 6.19. The summed E-state index contributed by atoms with van der Waals surface area (Å²) >= 11 is 1.77. The molecule has 19 heavy (non-hydrogen) atoms. The molecule has 1 aliphatic rings. The standard InChI is InChI=1S/C15H17N3S/c16-15(17-12-5-2-1-3-6-12)18(13-8-9-13)11-14-7-4-10-19-14/h1-7,10,13H,8-9,11H2,(H2,16,17). The van der Waals surface area contributed by atoms with E-state index in [1.165, 1.54) is 17.7 Å². The lowest BCUT2D eigenvalue weighted by Crippen LogP contribution is -2.38. The number of nitrogens with zero attached hydrogens (tertiary/aromatic N) is 2. The van der Waals surface area contributed by atoms with Crippen molar-refractivity contribution in [2.24, 2.45) is 10.7 Å². The minimum atomic E-state index is 0.564. The van der Waals surface area contributed by atoms with Crippen molar-refractivity contribution in [3.63, 3.8) is 0 Å². The van der Waals surface area contributed by atoms with E-state index in [1.54, 1.807) is 11.3 Å². The van der Waals surface area contributed by atoms with Gasteiger partial charge in [-0.25, -0.2) is 4.99 Å². The lowest BCUT2D eigenvalue weighted by Gasteiger charge is -2.22. The Morgan fingerprint density at radius 1 is 1.21 bits per heavy atom. The van der Waals surface area contributed by atoms with E-state index >= 15 is 0 Å². The van der Waals surface area contributed by atoms with Gasteiger partial charge in [0.2, 0.25) is 0 Å². The number of guanidine groups is 1. The Hall–Kier alpha value is -1.81. The molecule has 0 atom stereocenters. The zero-order chi connectivity index (χ0) is 13.1. The van der Waals surface area contributed by atoms with Crippen LogP contribution >= 0.6 is 11.3 Å². The minimum Gasteiger partial charge on any atom is -0.369 e. The van der Waals surface area contributed by atoms with Crippen LogP contribution in [-0.2, 0) is 6.54 Å². The van der Waals surface area contributed by atoms with Crippen LogP contribution in [0.5, 0.6) is 0 Å². The fourth-order valence-electron chi connectivity index (χ4n) is 2.05. The number of benzene rings is 1. The molecular weight excluding hydrogens is 254 g/mol. The Kier molecular flexibility index (Phi) is 3.51. The monoisotopic (exact) mass is 271 g/mol. The smallest absolute Gasteiger partial charge is 0.197 e. The normalized spacial score (nSPS) is 15.5. The molecule has 1 fully saturated rings. The Morgan fingerprint density at radius 2 is 2.00 bits per heavy atom. The van der Waals surface area contributed by atoms with Crippen molar-refractivity contribution in [3.8, 4) is 0 Å². The first-order chi connectivity index (χ1) is 9.33. The molecule has 0 radical (unpaired) electrons. The summed E-state index contributed by atoms with van der Waals surface area (Å²) in [6, 6.07) is 14.7. The third kappa shape index (κ3) is 3.15. The van der Waals surface area contributed by atoms with E-state index in [-0.39, 0.29) is 0 Å². The maximum atomic E-state index is 6.19. The molecule has 1 saturated carbocycles. The van der Waals surface area contributed by atoms with Crippen molar-refractivity contribution in [3.05, 3.63) is 52.7 Å². The first kappa shape index (κ1) is 12.2. The van der Waals surface area contributed by atoms with Crippen molar-refractivity contribution in [1.29, 1.82) is 0 Å². The molecule has 1 aliphatic carbocycles. The summed E-state index contributed by atoms with van der Waals surface area (Å²) in [7, 11) is 0. The van der Waals surface area contributed by atoms with Crippen LogP contribution < -0.4 is 5.73 Å². The second kappa shape index (κ2) is 5.45. The third-order valence-corrected chi connectivity index (χ3v) is 4.05. The van der Waals surface area contributed by atoms with E-state index in [0.29, 0.717) is 12.0 Å². The molecule has 3 rings (SSSR count). The van der Waals surface area contributed by atoms with Crippen LogP contribution in [0.4, 0.5) is 5.69 Å². The number of aliphatic imine (C=N–C) groups is 1. The summed E-state index contributed by atoms with van der Waals surface area (Å²) in [5.74, 6) is 0.627. The Morgan fingerprint density at radius 3 is 2.63 bits per heavy atom. The van der Waals surface area contributed by atoms with Crippen LogP contribution in [0.15, 0.2) is 52.8 Å². The summed E-state index contributed by atoms with van der Waals surface area (Å²) in [5, 5.41) is 2.10. The highest BCUT2D eigenvalue weighted by Crippen LogP contribution is 2.29. The highest BCUT2D eigenvalue weighted by Gasteiger charge is 2.30. The Balaban J connectivity index is 1.78. The lowest BCUT2D eigenvalue weighted by molar-refractivity contribution is 0.402. The third-order valence-electron chi connectivity index (χ3n) is 3.19. The molecule has 2 aromatic rings. The van der Waals surface area contributed by atoms with Gasteiger partial charge in [0.1, 0.15) is 0 Å². The van der Waals surface area contributed by atoms with E-state index in [2.05, 4.69) is 27.4 Å². The number of para-hydroxylation sites is 1. The van der Waals surface area contributed by atoms with Crippen molar-refractivity contribution in [2.75, 3.05) is 0 Å². The fraction of sp³-hybridized carbons (Fsp3) is 0.267. The number of nitrogens with two attached hydrogens (primary N) is 1. The molecule has 98 valence electrons. The van der Waals surface area contributed by atoms with Crippen molar-refractivity contribution in [1.82, 2.24) is 4.90 Å². The highest BCUT2D eigenvalue weighted by atomic mass is 32.1. The van der Waals surface area contributed by atoms with Gasteiger partial charge in [-0.3, -0.25) is 0 Å².